The van der Waals surface area contributed by atoms with Gasteiger partial charge in [0, 0.05) is 18.4 Å². The van der Waals surface area contributed by atoms with Crippen molar-refractivity contribution in [3.8, 4) is 0 Å². The zero-order chi connectivity index (χ0) is 25.3. The molecule has 186 valence electrons. The highest BCUT2D eigenvalue weighted by molar-refractivity contribution is 7.96. The first kappa shape index (κ1) is 27.1. The smallest absolute Gasteiger partial charge is 0.192 e. The third-order valence-electron chi connectivity index (χ3n) is 7.09. The molecule has 0 aliphatic rings. The van der Waals surface area contributed by atoms with Gasteiger partial charge in [0.05, 0.1) is 20.7 Å². The lowest BCUT2D eigenvalue weighted by atomic mass is 9.84. The molecule has 3 rings (SSSR count). The van der Waals surface area contributed by atoms with Gasteiger partial charge in [-0.3, -0.25) is 0 Å². The molecule has 0 N–H and O–H groups in total. The first-order valence-electron chi connectivity index (χ1n) is 12.6. The Kier molecular flexibility index (Phi) is 9.67. The Morgan fingerprint density at radius 1 is 0.829 bits per heavy atom. The standard InChI is InChI=1S/C30H39NO2SSi/c1-6-35(7-2,8-3)33-30(27-20-14-10-15-21-27)29(26-18-12-9-13-19-26)25(4)24-34(32,31-5)28-22-16-11-17-23-28/h9-24,29-30H,6-8H2,1-5H3/b25-24-/t29-,30-,34-/m0/s1. The van der Waals surface area contributed by atoms with E-state index in [2.05, 4.69) is 80.6 Å². The van der Waals surface area contributed by atoms with Gasteiger partial charge >= 0.3 is 0 Å². The van der Waals surface area contributed by atoms with Crippen LogP contribution in [0.3, 0.4) is 0 Å². The van der Waals surface area contributed by atoms with Crippen molar-refractivity contribution in [3.05, 3.63) is 113 Å². The van der Waals surface area contributed by atoms with Crippen molar-refractivity contribution in [1.82, 2.24) is 0 Å². The number of hydrogen-bond donors (Lipinski definition) is 0. The van der Waals surface area contributed by atoms with Crippen LogP contribution in [0.2, 0.25) is 18.1 Å². The Bertz CT molecular complexity index is 1190. The maximum atomic E-state index is 14.0. The summed E-state index contributed by atoms with van der Waals surface area (Å²) in [6, 6.07) is 33.8. The van der Waals surface area contributed by atoms with E-state index < -0.39 is 18.0 Å². The van der Waals surface area contributed by atoms with E-state index >= 15 is 0 Å². The molecule has 0 heterocycles. The largest absolute Gasteiger partial charge is 0.409 e. The van der Waals surface area contributed by atoms with Crippen molar-refractivity contribution in [2.24, 2.45) is 4.36 Å². The van der Waals surface area contributed by atoms with Crippen molar-refractivity contribution in [1.29, 1.82) is 0 Å². The molecule has 0 aromatic heterocycles. The molecule has 5 heteroatoms. The summed E-state index contributed by atoms with van der Waals surface area (Å²) in [5, 5.41) is 1.88. The van der Waals surface area contributed by atoms with Gasteiger partial charge in [-0.1, -0.05) is 105 Å². The fraction of sp³-hybridized carbons (Fsp3) is 0.333. The summed E-state index contributed by atoms with van der Waals surface area (Å²) in [4.78, 5) is 0.727. The molecule has 0 unspecified atom stereocenters. The highest BCUT2D eigenvalue weighted by atomic mass is 32.2. The van der Waals surface area contributed by atoms with Gasteiger partial charge in [0.25, 0.3) is 0 Å². The van der Waals surface area contributed by atoms with Crippen molar-refractivity contribution >= 4 is 18.0 Å². The molecule has 3 atom stereocenters. The van der Waals surface area contributed by atoms with Crippen LogP contribution in [0.25, 0.3) is 0 Å². The highest BCUT2D eigenvalue weighted by Crippen LogP contribution is 2.43. The fourth-order valence-corrected chi connectivity index (χ4v) is 9.21. The quantitative estimate of drug-likeness (QED) is 0.245. The average Bonchev–Trinajstić information content (AvgIpc) is 2.92. The molecular formula is C30H39NO2SSi. The molecule has 0 fully saturated rings. The number of hydrogen-bond acceptors (Lipinski definition) is 3. The minimum atomic E-state index is -2.72. The van der Waals surface area contributed by atoms with Crippen molar-refractivity contribution in [3.63, 3.8) is 0 Å². The van der Waals surface area contributed by atoms with Gasteiger partial charge in [-0.25, -0.2) is 8.57 Å². The molecule has 0 amide bonds. The van der Waals surface area contributed by atoms with Crippen LogP contribution in [0.5, 0.6) is 0 Å². The van der Waals surface area contributed by atoms with Crippen LogP contribution in [0.15, 0.2) is 111 Å². The van der Waals surface area contributed by atoms with Gasteiger partial charge < -0.3 is 4.43 Å². The lowest BCUT2D eigenvalue weighted by Gasteiger charge is -2.38. The number of rotatable bonds is 11. The van der Waals surface area contributed by atoms with Crippen LogP contribution in [0, 0.1) is 0 Å². The van der Waals surface area contributed by atoms with Gasteiger partial charge in [-0.15, -0.1) is 0 Å². The van der Waals surface area contributed by atoms with Gasteiger partial charge in [0.2, 0.25) is 0 Å². The van der Waals surface area contributed by atoms with Crippen molar-refractivity contribution in [2.75, 3.05) is 7.05 Å². The normalized spacial score (nSPS) is 15.7. The van der Waals surface area contributed by atoms with E-state index in [1.54, 1.807) is 7.05 Å². The molecule has 0 radical (unpaired) electrons. The third-order valence-corrected chi connectivity index (χ3v) is 13.9. The molecule has 0 aliphatic carbocycles. The molecule has 0 aliphatic heterocycles. The Balaban J connectivity index is 2.22. The topological polar surface area (TPSA) is 38.7 Å². The van der Waals surface area contributed by atoms with Crippen LogP contribution < -0.4 is 0 Å². The highest BCUT2D eigenvalue weighted by Gasteiger charge is 2.37. The molecule has 3 aromatic rings. The van der Waals surface area contributed by atoms with Crippen molar-refractivity contribution in [2.45, 2.75) is 62.7 Å². The Morgan fingerprint density at radius 3 is 1.74 bits per heavy atom. The molecule has 0 bridgehead atoms. The van der Waals surface area contributed by atoms with E-state index in [0.717, 1.165) is 39.7 Å². The predicted octanol–water partition coefficient (Wildman–Crippen LogP) is 8.59. The van der Waals surface area contributed by atoms with E-state index in [4.69, 9.17) is 4.43 Å². The van der Waals surface area contributed by atoms with E-state index in [1.807, 2.05) is 47.9 Å². The lowest BCUT2D eigenvalue weighted by Crippen LogP contribution is -2.39. The molecule has 35 heavy (non-hydrogen) atoms. The van der Waals surface area contributed by atoms with E-state index in [1.165, 1.54) is 0 Å². The van der Waals surface area contributed by atoms with Crippen LogP contribution in [0.1, 0.15) is 50.8 Å². The average molecular weight is 506 g/mol. The fourth-order valence-electron chi connectivity index (χ4n) is 4.74. The summed E-state index contributed by atoms with van der Waals surface area (Å²) < 4.78 is 25.7. The lowest BCUT2D eigenvalue weighted by molar-refractivity contribution is 0.170. The van der Waals surface area contributed by atoms with E-state index in [-0.39, 0.29) is 12.0 Å². The predicted molar refractivity (Wildman–Crippen MR) is 152 cm³/mol. The van der Waals surface area contributed by atoms with Crippen molar-refractivity contribution < 1.29 is 8.63 Å². The minimum Gasteiger partial charge on any atom is -0.409 e. The second-order valence-electron chi connectivity index (χ2n) is 9.01. The summed E-state index contributed by atoms with van der Waals surface area (Å²) >= 11 is 0. The summed E-state index contributed by atoms with van der Waals surface area (Å²) in [7, 11) is -3.03. The van der Waals surface area contributed by atoms with Crippen LogP contribution in [0.4, 0.5) is 0 Å². The third kappa shape index (κ3) is 6.40. The van der Waals surface area contributed by atoms with Crippen LogP contribution >= 0.6 is 0 Å². The summed E-state index contributed by atoms with van der Waals surface area (Å²) in [5.74, 6) is -0.0820. The Labute approximate surface area is 213 Å². The molecule has 3 nitrogen and oxygen atoms in total. The number of nitrogens with zero attached hydrogens (tertiary/aromatic N) is 1. The van der Waals surface area contributed by atoms with E-state index in [9.17, 15) is 4.21 Å². The van der Waals surface area contributed by atoms with Gasteiger partial charge in [0.15, 0.2) is 8.32 Å². The molecular weight excluding hydrogens is 466 g/mol. The van der Waals surface area contributed by atoms with Crippen LogP contribution in [-0.4, -0.2) is 19.6 Å². The first-order valence-corrected chi connectivity index (χ1v) is 16.7. The maximum absolute atomic E-state index is 14.0. The zero-order valence-corrected chi connectivity index (χ0v) is 23.5. The van der Waals surface area contributed by atoms with Crippen LogP contribution in [-0.2, 0) is 14.2 Å². The van der Waals surface area contributed by atoms with Gasteiger partial charge in [-0.05, 0) is 48.3 Å². The Hall–Kier alpha value is -2.47. The summed E-state index contributed by atoms with van der Waals surface area (Å²) in [5.41, 5.74) is 3.32. The molecule has 0 spiro atoms. The summed E-state index contributed by atoms with van der Waals surface area (Å²) in [6.45, 7) is 8.87. The maximum Gasteiger partial charge on any atom is 0.192 e. The van der Waals surface area contributed by atoms with Gasteiger partial charge in [0.1, 0.15) is 0 Å². The van der Waals surface area contributed by atoms with Gasteiger partial charge in [-0.2, -0.15) is 0 Å². The number of benzene rings is 3. The second kappa shape index (κ2) is 12.5. The second-order valence-corrected chi connectivity index (χ2v) is 15.9. The Morgan fingerprint density at radius 2 is 1.29 bits per heavy atom. The monoisotopic (exact) mass is 505 g/mol. The van der Waals surface area contributed by atoms with E-state index in [0.29, 0.717) is 0 Å². The zero-order valence-electron chi connectivity index (χ0n) is 21.7. The minimum absolute atomic E-state index is 0.0820. The first-order chi connectivity index (χ1) is 16.9. The SMILES string of the molecule is CC[Si](CC)(CC)O[C@@H](c1ccccc1)[C@@H](/C(C)=C\[S@@](=O)(=NC)c1ccccc1)c1ccccc1. The summed E-state index contributed by atoms with van der Waals surface area (Å²) in [6.07, 6.45) is -0.169. The molecule has 3 aromatic carbocycles. The molecule has 0 saturated heterocycles. The molecule has 0 saturated carbocycles.